The van der Waals surface area contributed by atoms with Crippen molar-refractivity contribution in [2.75, 3.05) is 13.1 Å². The standard InChI is InChI=1S/C13H17NO2.ClH/c15-13(16)12-6-4-11(5-7-12)10-14-8-2-1-3-9-14;/h4-7H,1-3,8-10H2,(H,15,16);1H. The molecule has 1 N–H and O–H groups in total. The summed E-state index contributed by atoms with van der Waals surface area (Å²) in [6.07, 6.45) is 3.91. The lowest BCUT2D eigenvalue weighted by molar-refractivity contribution is 0.0697. The number of aromatic carboxylic acids is 1. The van der Waals surface area contributed by atoms with E-state index >= 15 is 0 Å². The van der Waals surface area contributed by atoms with E-state index in [0.29, 0.717) is 5.56 Å². The van der Waals surface area contributed by atoms with Crippen LogP contribution in [-0.4, -0.2) is 29.1 Å². The number of carboxylic acid groups (broad SMARTS) is 1. The van der Waals surface area contributed by atoms with Gasteiger partial charge in [-0.2, -0.15) is 0 Å². The normalized spacial score (nSPS) is 16.2. The van der Waals surface area contributed by atoms with E-state index in [1.54, 1.807) is 12.1 Å². The fraction of sp³-hybridized carbons (Fsp3) is 0.462. The van der Waals surface area contributed by atoms with Crippen LogP contribution in [0.15, 0.2) is 24.3 Å². The van der Waals surface area contributed by atoms with Crippen LogP contribution in [0, 0.1) is 0 Å². The largest absolute Gasteiger partial charge is 0.478 e. The molecule has 4 heteroatoms. The maximum atomic E-state index is 10.7. The third-order valence-electron chi connectivity index (χ3n) is 3.06. The first kappa shape index (κ1) is 14.0. The second kappa shape index (κ2) is 6.62. The molecule has 0 amide bonds. The molecule has 1 aliphatic rings. The highest BCUT2D eigenvalue weighted by atomic mass is 35.5. The van der Waals surface area contributed by atoms with Crippen LogP contribution in [-0.2, 0) is 6.54 Å². The second-order valence-electron chi connectivity index (χ2n) is 4.34. The summed E-state index contributed by atoms with van der Waals surface area (Å²) in [5.74, 6) is -0.857. The molecule has 94 valence electrons. The van der Waals surface area contributed by atoms with Crippen LogP contribution in [0.2, 0.25) is 0 Å². The molecule has 2 rings (SSSR count). The molecule has 3 nitrogen and oxygen atoms in total. The van der Waals surface area contributed by atoms with Gasteiger partial charge in [-0.15, -0.1) is 12.4 Å². The molecule has 0 unspecified atom stereocenters. The van der Waals surface area contributed by atoms with Gasteiger partial charge in [-0.05, 0) is 43.6 Å². The molecule has 0 atom stereocenters. The first-order valence-corrected chi connectivity index (χ1v) is 5.80. The lowest BCUT2D eigenvalue weighted by Gasteiger charge is -2.26. The summed E-state index contributed by atoms with van der Waals surface area (Å²) in [7, 11) is 0. The molecule has 1 aliphatic heterocycles. The van der Waals surface area contributed by atoms with Crippen LogP contribution in [0.4, 0.5) is 0 Å². The molecule has 0 saturated carbocycles. The van der Waals surface area contributed by atoms with Crippen LogP contribution in [0.5, 0.6) is 0 Å². The zero-order valence-corrected chi connectivity index (χ0v) is 10.6. The van der Waals surface area contributed by atoms with Crippen molar-refractivity contribution in [2.24, 2.45) is 0 Å². The summed E-state index contributed by atoms with van der Waals surface area (Å²) in [6, 6.07) is 7.19. The van der Waals surface area contributed by atoms with Crippen molar-refractivity contribution in [1.29, 1.82) is 0 Å². The van der Waals surface area contributed by atoms with Gasteiger partial charge in [0.2, 0.25) is 0 Å². The number of hydrogen-bond acceptors (Lipinski definition) is 2. The van der Waals surface area contributed by atoms with Crippen LogP contribution in [0.3, 0.4) is 0 Å². The zero-order chi connectivity index (χ0) is 11.4. The summed E-state index contributed by atoms with van der Waals surface area (Å²) in [5, 5.41) is 8.79. The van der Waals surface area contributed by atoms with Gasteiger partial charge in [0.15, 0.2) is 0 Å². The lowest BCUT2D eigenvalue weighted by Crippen LogP contribution is -2.29. The van der Waals surface area contributed by atoms with Gasteiger partial charge in [-0.3, -0.25) is 4.90 Å². The topological polar surface area (TPSA) is 40.5 Å². The Morgan fingerprint density at radius 1 is 1.12 bits per heavy atom. The zero-order valence-electron chi connectivity index (χ0n) is 9.76. The number of carboxylic acids is 1. The number of carbonyl (C=O) groups is 1. The summed E-state index contributed by atoms with van der Waals surface area (Å²) in [6.45, 7) is 3.28. The average molecular weight is 256 g/mol. The molecule has 1 heterocycles. The molecule has 0 spiro atoms. The first-order valence-electron chi connectivity index (χ1n) is 5.80. The highest BCUT2D eigenvalue weighted by Crippen LogP contribution is 2.13. The smallest absolute Gasteiger partial charge is 0.335 e. The number of nitrogens with zero attached hydrogens (tertiary/aromatic N) is 1. The van der Waals surface area contributed by atoms with Gasteiger partial charge < -0.3 is 5.11 Å². The third-order valence-corrected chi connectivity index (χ3v) is 3.06. The van der Waals surface area contributed by atoms with Gasteiger partial charge in [-0.1, -0.05) is 18.6 Å². The minimum atomic E-state index is -0.857. The predicted octanol–water partition coefficient (Wildman–Crippen LogP) is 2.79. The van der Waals surface area contributed by atoms with Crippen molar-refractivity contribution in [3.05, 3.63) is 35.4 Å². The molecular weight excluding hydrogens is 238 g/mol. The van der Waals surface area contributed by atoms with Gasteiger partial charge in [0, 0.05) is 6.54 Å². The molecule has 17 heavy (non-hydrogen) atoms. The van der Waals surface area contributed by atoms with Crippen molar-refractivity contribution < 1.29 is 9.90 Å². The van der Waals surface area contributed by atoms with Gasteiger partial charge >= 0.3 is 5.97 Å². The van der Waals surface area contributed by atoms with E-state index in [0.717, 1.165) is 6.54 Å². The third kappa shape index (κ3) is 4.02. The van der Waals surface area contributed by atoms with Crippen molar-refractivity contribution in [2.45, 2.75) is 25.8 Å². The summed E-state index contributed by atoms with van der Waals surface area (Å²) < 4.78 is 0. The predicted molar refractivity (Wildman–Crippen MR) is 69.8 cm³/mol. The van der Waals surface area contributed by atoms with E-state index in [2.05, 4.69) is 4.90 Å². The Bertz CT molecular complexity index is 358. The quantitative estimate of drug-likeness (QED) is 0.903. The summed E-state index contributed by atoms with van der Waals surface area (Å²) >= 11 is 0. The molecule has 1 aromatic carbocycles. The molecule has 0 radical (unpaired) electrons. The van der Waals surface area contributed by atoms with Gasteiger partial charge in [0.25, 0.3) is 0 Å². The summed E-state index contributed by atoms with van der Waals surface area (Å²) in [4.78, 5) is 13.1. The van der Waals surface area contributed by atoms with Gasteiger partial charge in [0.1, 0.15) is 0 Å². The molecule has 0 aromatic heterocycles. The fourth-order valence-electron chi connectivity index (χ4n) is 2.13. The average Bonchev–Trinajstić information content (AvgIpc) is 2.31. The molecular formula is C13H18ClNO2. The van der Waals surface area contributed by atoms with E-state index < -0.39 is 5.97 Å². The minimum absolute atomic E-state index is 0. The Morgan fingerprint density at radius 3 is 2.24 bits per heavy atom. The highest BCUT2D eigenvalue weighted by molar-refractivity contribution is 5.87. The van der Waals surface area contributed by atoms with Crippen molar-refractivity contribution in [1.82, 2.24) is 4.90 Å². The lowest BCUT2D eigenvalue weighted by atomic mass is 10.1. The van der Waals surface area contributed by atoms with Gasteiger partial charge in [-0.25, -0.2) is 4.79 Å². The van der Waals surface area contributed by atoms with Crippen molar-refractivity contribution >= 4 is 18.4 Å². The Labute approximate surface area is 108 Å². The second-order valence-corrected chi connectivity index (χ2v) is 4.34. The Kier molecular flexibility index (Phi) is 5.45. The minimum Gasteiger partial charge on any atom is -0.478 e. The molecule has 1 fully saturated rings. The first-order chi connectivity index (χ1) is 7.75. The van der Waals surface area contributed by atoms with Crippen LogP contribution in [0.25, 0.3) is 0 Å². The number of benzene rings is 1. The number of piperidine rings is 1. The molecule has 1 saturated heterocycles. The maximum absolute atomic E-state index is 10.7. The fourth-order valence-corrected chi connectivity index (χ4v) is 2.13. The van der Waals surface area contributed by atoms with Gasteiger partial charge in [0.05, 0.1) is 5.56 Å². The van der Waals surface area contributed by atoms with Crippen LogP contribution >= 0.6 is 12.4 Å². The van der Waals surface area contributed by atoms with Crippen LogP contribution < -0.4 is 0 Å². The highest BCUT2D eigenvalue weighted by Gasteiger charge is 2.10. The summed E-state index contributed by atoms with van der Waals surface area (Å²) in [5.41, 5.74) is 1.56. The number of halogens is 1. The van der Waals surface area contributed by atoms with E-state index in [4.69, 9.17) is 5.11 Å². The van der Waals surface area contributed by atoms with E-state index in [1.807, 2.05) is 12.1 Å². The van der Waals surface area contributed by atoms with E-state index in [1.165, 1.54) is 37.9 Å². The van der Waals surface area contributed by atoms with Crippen molar-refractivity contribution in [3.63, 3.8) is 0 Å². The molecule has 0 aliphatic carbocycles. The van der Waals surface area contributed by atoms with Crippen molar-refractivity contribution in [3.8, 4) is 0 Å². The number of rotatable bonds is 3. The Morgan fingerprint density at radius 2 is 1.71 bits per heavy atom. The molecule has 1 aromatic rings. The Balaban J connectivity index is 0.00000144. The van der Waals surface area contributed by atoms with E-state index in [9.17, 15) is 4.79 Å². The maximum Gasteiger partial charge on any atom is 0.335 e. The number of likely N-dealkylation sites (tertiary alicyclic amines) is 1. The number of hydrogen-bond donors (Lipinski definition) is 1. The van der Waals surface area contributed by atoms with E-state index in [-0.39, 0.29) is 12.4 Å². The van der Waals surface area contributed by atoms with Crippen LogP contribution in [0.1, 0.15) is 35.2 Å². The monoisotopic (exact) mass is 255 g/mol. The molecule has 0 bridgehead atoms. The SMILES string of the molecule is Cl.O=C(O)c1ccc(CN2CCCCC2)cc1. The Hall–Kier alpha value is -1.06.